The summed E-state index contributed by atoms with van der Waals surface area (Å²) in [6.45, 7) is 2.05. The Kier molecular flexibility index (Phi) is 1.91. The van der Waals surface area contributed by atoms with Gasteiger partial charge in [-0.3, -0.25) is 4.79 Å². The van der Waals surface area contributed by atoms with Crippen LogP contribution in [0, 0.1) is 12.3 Å². The molecule has 13 heavy (non-hydrogen) atoms. The number of hydrogen-bond donors (Lipinski definition) is 1. The number of aliphatic carboxylic acids is 1. The molecule has 70 valence electrons. The first kappa shape index (κ1) is 8.75. The molecule has 0 radical (unpaired) electrons. The molecule has 2 nitrogen and oxygen atoms in total. The summed E-state index contributed by atoms with van der Waals surface area (Å²) in [5.74, 6) is -0.625. The molecule has 1 heterocycles. The summed E-state index contributed by atoms with van der Waals surface area (Å²) in [5, 5.41) is 11.0. The molecule has 2 rings (SSSR count). The lowest BCUT2D eigenvalue weighted by Gasteiger charge is -2.07. The summed E-state index contributed by atoms with van der Waals surface area (Å²) in [7, 11) is 0. The molecule has 1 saturated carbocycles. The van der Waals surface area contributed by atoms with E-state index in [1.165, 1.54) is 10.4 Å². The van der Waals surface area contributed by atoms with E-state index in [-0.39, 0.29) is 0 Å². The third-order valence-corrected chi connectivity index (χ3v) is 3.80. The second-order valence-corrected chi connectivity index (χ2v) is 4.79. The molecule has 1 fully saturated rings. The van der Waals surface area contributed by atoms with E-state index in [1.807, 2.05) is 12.3 Å². The fourth-order valence-electron chi connectivity index (χ4n) is 1.51. The lowest BCUT2D eigenvalue weighted by molar-refractivity contribution is -0.143. The average molecular weight is 196 g/mol. The predicted octanol–water partition coefficient (Wildman–Crippen LogP) is 2.46. The van der Waals surface area contributed by atoms with Gasteiger partial charge < -0.3 is 5.11 Å². The normalized spacial score (nSPS) is 18.5. The highest BCUT2D eigenvalue weighted by atomic mass is 32.1. The molecular weight excluding hydrogens is 184 g/mol. The second kappa shape index (κ2) is 2.84. The maximum atomic E-state index is 10.9. The fraction of sp³-hybridized carbons (Fsp3) is 0.500. The van der Waals surface area contributed by atoms with Crippen molar-refractivity contribution in [1.82, 2.24) is 0 Å². The molecule has 0 amide bonds. The summed E-state index contributed by atoms with van der Waals surface area (Å²) in [6.07, 6.45) is 2.42. The van der Waals surface area contributed by atoms with Crippen LogP contribution in [-0.2, 0) is 11.2 Å². The molecule has 1 aromatic heterocycles. The van der Waals surface area contributed by atoms with E-state index >= 15 is 0 Å². The topological polar surface area (TPSA) is 37.3 Å². The van der Waals surface area contributed by atoms with Crippen molar-refractivity contribution in [3.63, 3.8) is 0 Å². The molecule has 0 aromatic carbocycles. The van der Waals surface area contributed by atoms with Crippen molar-refractivity contribution in [3.8, 4) is 0 Å². The first-order valence-electron chi connectivity index (χ1n) is 4.40. The van der Waals surface area contributed by atoms with Crippen LogP contribution in [0.5, 0.6) is 0 Å². The highest BCUT2D eigenvalue weighted by Gasteiger charge is 2.50. The number of thiophene rings is 1. The van der Waals surface area contributed by atoms with Gasteiger partial charge in [0.05, 0.1) is 5.41 Å². The van der Waals surface area contributed by atoms with Crippen LogP contribution in [-0.4, -0.2) is 11.1 Å². The number of aryl methyl sites for hydroxylation is 1. The van der Waals surface area contributed by atoms with Crippen molar-refractivity contribution in [1.29, 1.82) is 0 Å². The van der Waals surface area contributed by atoms with Crippen molar-refractivity contribution >= 4 is 17.3 Å². The lowest BCUT2D eigenvalue weighted by Crippen LogP contribution is -2.17. The Bertz CT molecular complexity index is 336. The molecule has 0 spiro atoms. The molecule has 0 saturated heterocycles. The fourth-order valence-corrected chi connectivity index (χ4v) is 2.56. The minimum atomic E-state index is -0.625. The Labute approximate surface area is 81.2 Å². The summed E-state index contributed by atoms with van der Waals surface area (Å²) >= 11 is 1.67. The summed E-state index contributed by atoms with van der Waals surface area (Å²) in [6, 6.07) is 2.05. The third kappa shape index (κ3) is 1.48. The Balaban J connectivity index is 2.15. The molecular formula is C10H12O2S. The van der Waals surface area contributed by atoms with Crippen molar-refractivity contribution < 1.29 is 9.90 Å². The van der Waals surface area contributed by atoms with Gasteiger partial charge in [-0.15, -0.1) is 11.3 Å². The van der Waals surface area contributed by atoms with E-state index in [4.69, 9.17) is 5.11 Å². The van der Waals surface area contributed by atoms with E-state index in [2.05, 4.69) is 6.07 Å². The third-order valence-electron chi connectivity index (χ3n) is 2.77. The van der Waals surface area contributed by atoms with Crippen molar-refractivity contribution in [3.05, 3.63) is 21.9 Å². The SMILES string of the molecule is Cc1ccsc1CC1(C(=O)O)CC1. The van der Waals surface area contributed by atoms with E-state index in [0.29, 0.717) is 0 Å². The number of hydrogen-bond acceptors (Lipinski definition) is 2. The van der Waals surface area contributed by atoms with Gasteiger partial charge in [0.15, 0.2) is 0 Å². The quantitative estimate of drug-likeness (QED) is 0.806. The molecule has 0 bridgehead atoms. The first-order chi connectivity index (χ1) is 6.14. The molecule has 0 unspecified atom stereocenters. The van der Waals surface area contributed by atoms with Crippen LogP contribution in [0.4, 0.5) is 0 Å². The number of carboxylic acid groups (broad SMARTS) is 1. The molecule has 0 aliphatic heterocycles. The van der Waals surface area contributed by atoms with Gasteiger partial charge in [-0.2, -0.15) is 0 Å². The summed E-state index contributed by atoms with van der Waals surface area (Å²) in [5.41, 5.74) is 0.827. The van der Waals surface area contributed by atoms with Gasteiger partial charge in [0.25, 0.3) is 0 Å². The zero-order valence-corrected chi connectivity index (χ0v) is 8.36. The predicted molar refractivity (Wildman–Crippen MR) is 52.1 cm³/mol. The Morgan fingerprint density at radius 3 is 2.77 bits per heavy atom. The first-order valence-corrected chi connectivity index (χ1v) is 5.28. The average Bonchev–Trinajstić information content (AvgIpc) is 2.74. The van der Waals surface area contributed by atoms with Crippen LogP contribution in [0.15, 0.2) is 11.4 Å². The number of rotatable bonds is 3. The Morgan fingerprint density at radius 1 is 1.69 bits per heavy atom. The lowest BCUT2D eigenvalue weighted by atomic mass is 10.0. The van der Waals surface area contributed by atoms with Gasteiger partial charge in [0, 0.05) is 4.88 Å². The summed E-state index contributed by atoms with van der Waals surface area (Å²) < 4.78 is 0. The van der Waals surface area contributed by atoms with Crippen LogP contribution in [0.1, 0.15) is 23.3 Å². The summed E-state index contributed by atoms with van der Waals surface area (Å²) in [4.78, 5) is 12.2. The highest BCUT2D eigenvalue weighted by Crippen LogP contribution is 2.49. The molecule has 3 heteroatoms. The van der Waals surface area contributed by atoms with Gasteiger partial charge in [-0.25, -0.2) is 0 Å². The molecule has 1 N–H and O–H groups in total. The van der Waals surface area contributed by atoms with E-state index in [0.717, 1.165) is 19.3 Å². The van der Waals surface area contributed by atoms with Gasteiger partial charge >= 0.3 is 5.97 Å². The largest absolute Gasteiger partial charge is 0.481 e. The standard InChI is InChI=1S/C10H12O2S/c1-7-2-5-13-8(7)6-10(3-4-10)9(11)12/h2,5H,3-4,6H2,1H3,(H,11,12). The van der Waals surface area contributed by atoms with Crippen molar-refractivity contribution in [2.75, 3.05) is 0 Å². The molecule has 1 aliphatic carbocycles. The van der Waals surface area contributed by atoms with Gasteiger partial charge in [0.2, 0.25) is 0 Å². The molecule has 1 aliphatic rings. The molecule has 1 aromatic rings. The zero-order chi connectivity index (χ0) is 9.47. The number of carboxylic acids is 1. The number of carbonyl (C=O) groups is 1. The van der Waals surface area contributed by atoms with Crippen LogP contribution in [0.2, 0.25) is 0 Å². The van der Waals surface area contributed by atoms with Gasteiger partial charge in [-0.1, -0.05) is 0 Å². The van der Waals surface area contributed by atoms with Crippen LogP contribution in [0.3, 0.4) is 0 Å². The van der Waals surface area contributed by atoms with Gasteiger partial charge in [-0.05, 0) is 43.2 Å². The Hall–Kier alpha value is -0.830. The maximum Gasteiger partial charge on any atom is 0.309 e. The van der Waals surface area contributed by atoms with Crippen molar-refractivity contribution in [2.24, 2.45) is 5.41 Å². The van der Waals surface area contributed by atoms with E-state index in [9.17, 15) is 4.79 Å². The minimum Gasteiger partial charge on any atom is -0.481 e. The van der Waals surface area contributed by atoms with Crippen LogP contribution < -0.4 is 0 Å². The Morgan fingerprint density at radius 2 is 2.38 bits per heavy atom. The van der Waals surface area contributed by atoms with Crippen molar-refractivity contribution in [2.45, 2.75) is 26.2 Å². The minimum absolute atomic E-state index is 0.407. The molecule has 0 atom stereocenters. The van der Waals surface area contributed by atoms with Crippen LogP contribution >= 0.6 is 11.3 Å². The smallest absolute Gasteiger partial charge is 0.309 e. The van der Waals surface area contributed by atoms with E-state index < -0.39 is 11.4 Å². The van der Waals surface area contributed by atoms with Crippen LogP contribution in [0.25, 0.3) is 0 Å². The maximum absolute atomic E-state index is 10.9. The van der Waals surface area contributed by atoms with Gasteiger partial charge in [0.1, 0.15) is 0 Å². The zero-order valence-electron chi connectivity index (χ0n) is 7.54. The highest BCUT2D eigenvalue weighted by molar-refractivity contribution is 7.10. The van der Waals surface area contributed by atoms with E-state index in [1.54, 1.807) is 11.3 Å². The second-order valence-electron chi connectivity index (χ2n) is 3.79. The monoisotopic (exact) mass is 196 g/mol.